The summed E-state index contributed by atoms with van der Waals surface area (Å²) in [5, 5.41) is 0.243. The van der Waals surface area contributed by atoms with Gasteiger partial charge in [-0.2, -0.15) is 0 Å². The molecule has 1 saturated heterocycles. The quantitative estimate of drug-likeness (QED) is 0.699. The van der Waals surface area contributed by atoms with E-state index in [0.29, 0.717) is 11.8 Å². The minimum absolute atomic E-state index is 0.0718. The molecule has 0 radical (unpaired) electrons. The maximum Gasteiger partial charge on any atom is 0.228 e. The molecule has 0 N–H and O–H groups in total. The number of piperidine rings is 1. The zero-order chi connectivity index (χ0) is 13.2. The van der Waals surface area contributed by atoms with Crippen LogP contribution in [0.3, 0.4) is 0 Å². The predicted molar refractivity (Wildman–Crippen MR) is 75.8 cm³/mol. The van der Waals surface area contributed by atoms with Crippen LogP contribution in [0.5, 0.6) is 0 Å². The molecular weight excluding hydrogens is 246 g/mol. The van der Waals surface area contributed by atoms with Crippen molar-refractivity contribution in [1.82, 2.24) is 4.90 Å². The number of halogens is 1. The van der Waals surface area contributed by atoms with Crippen LogP contribution in [0.25, 0.3) is 0 Å². The fourth-order valence-corrected chi connectivity index (χ4v) is 3.74. The second kappa shape index (κ2) is 5.81. The Balaban J connectivity index is 1.90. The maximum absolute atomic E-state index is 12.6. The first-order chi connectivity index (χ1) is 8.53. The molecule has 104 valence electrons. The van der Waals surface area contributed by atoms with E-state index in [1.54, 1.807) is 0 Å². The van der Waals surface area contributed by atoms with Crippen LogP contribution in [0.15, 0.2) is 0 Å². The Labute approximate surface area is 116 Å². The lowest BCUT2D eigenvalue weighted by Crippen LogP contribution is -2.47. The van der Waals surface area contributed by atoms with E-state index in [0.717, 1.165) is 38.8 Å². The third-order valence-electron chi connectivity index (χ3n) is 4.95. The van der Waals surface area contributed by atoms with Gasteiger partial charge in [0, 0.05) is 23.9 Å². The molecule has 1 atom stereocenters. The number of alkyl halides is 1. The van der Waals surface area contributed by atoms with Gasteiger partial charge in [-0.05, 0) is 38.5 Å². The molecule has 2 rings (SSSR count). The molecular formula is C15H26ClNO. The summed E-state index contributed by atoms with van der Waals surface area (Å²) < 4.78 is 0. The fourth-order valence-electron chi connectivity index (χ4n) is 3.49. The molecule has 1 aliphatic heterocycles. The van der Waals surface area contributed by atoms with Crippen LogP contribution in [0.1, 0.15) is 58.8 Å². The van der Waals surface area contributed by atoms with Crippen molar-refractivity contribution < 1.29 is 4.79 Å². The van der Waals surface area contributed by atoms with Gasteiger partial charge in [-0.25, -0.2) is 0 Å². The van der Waals surface area contributed by atoms with Crippen LogP contribution in [-0.2, 0) is 4.79 Å². The van der Waals surface area contributed by atoms with Gasteiger partial charge in [0.2, 0.25) is 5.91 Å². The SMILES string of the molecule is CC(Cl)C1CCN(C(=O)C2(C)CCCCC2)CC1. The molecule has 2 aliphatic rings. The van der Waals surface area contributed by atoms with Crippen LogP contribution in [0, 0.1) is 11.3 Å². The molecule has 1 saturated carbocycles. The van der Waals surface area contributed by atoms with Crippen LogP contribution < -0.4 is 0 Å². The summed E-state index contributed by atoms with van der Waals surface area (Å²) in [6.45, 7) is 6.07. The predicted octanol–water partition coefficient (Wildman–Crippen LogP) is 3.82. The van der Waals surface area contributed by atoms with E-state index in [-0.39, 0.29) is 10.8 Å². The van der Waals surface area contributed by atoms with Gasteiger partial charge in [-0.15, -0.1) is 11.6 Å². The molecule has 0 aromatic carbocycles. The lowest BCUT2D eigenvalue weighted by Gasteiger charge is -2.40. The summed E-state index contributed by atoms with van der Waals surface area (Å²) >= 11 is 6.16. The largest absolute Gasteiger partial charge is 0.342 e. The lowest BCUT2D eigenvalue weighted by atomic mass is 9.74. The van der Waals surface area contributed by atoms with Crippen molar-refractivity contribution in [2.75, 3.05) is 13.1 Å². The highest BCUT2D eigenvalue weighted by atomic mass is 35.5. The smallest absolute Gasteiger partial charge is 0.228 e. The van der Waals surface area contributed by atoms with E-state index in [4.69, 9.17) is 11.6 Å². The Morgan fingerprint density at radius 2 is 1.78 bits per heavy atom. The molecule has 2 fully saturated rings. The van der Waals surface area contributed by atoms with Crippen molar-refractivity contribution in [2.45, 2.75) is 64.2 Å². The summed E-state index contributed by atoms with van der Waals surface area (Å²) in [6.07, 6.45) is 8.05. The molecule has 3 heteroatoms. The van der Waals surface area contributed by atoms with E-state index in [9.17, 15) is 4.79 Å². The third kappa shape index (κ3) is 3.01. The molecule has 1 heterocycles. The van der Waals surface area contributed by atoms with Crippen molar-refractivity contribution >= 4 is 17.5 Å². The second-order valence-electron chi connectivity index (χ2n) is 6.43. The standard InChI is InChI=1S/C15H26ClNO/c1-12(16)13-6-10-17(11-7-13)14(18)15(2)8-4-3-5-9-15/h12-13H,3-11H2,1-2H3. The van der Waals surface area contributed by atoms with Gasteiger partial charge in [0.1, 0.15) is 0 Å². The van der Waals surface area contributed by atoms with Crippen molar-refractivity contribution in [3.63, 3.8) is 0 Å². The number of carbonyl (C=O) groups is 1. The fraction of sp³-hybridized carbons (Fsp3) is 0.933. The van der Waals surface area contributed by atoms with E-state index < -0.39 is 0 Å². The first kappa shape index (κ1) is 14.2. The van der Waals surface area contributed by atoms with E-state index in [1.165, 1.54) is 19.3 Å². The molecule has 1 amide bonds. The first-order valence-electron chi connectivity index (χ1n) is 7.46. The van der Waals surface area contributed by atoms with Gasteiger partial charge < -0.3 is 4.90 Å². The monoisotopic (exact) mass is 271 g/mol. The van der Waals surface area contributed by atoms with Crippen LogP contribution in [0.2, 0.25) is 0 Å². The highest BCUT2D eigenvalue weighted by Gasteiger charge is 2.38. The zero-order valence-electron chi connectivity index (χ0n) is 11.8. The number of likely N-dealkylation sites (tertiary alicyclic amines) is 1. The summed E-state index contributed by atoms with van der Waals surface area (Å²) in [5.74, 6) is 0.998. The average molecular weight is 272 g/mol. The lowest BCUT2D eigenvalue weighted by molar-refractivity contribution is -0.144. The molecule has 0 bridgehead atoms. The third-order valence-corrected chi connectivity index (χ3v) is 5.31. The highest BCUT2D eigenvalue weighted by molar-refractivity contribution is 6.20. The Morgan fingerprint density at radius 3 is 2.28 bits per heavy atom. The molecule has 2 nitrogen and oxygen atoms in total. The zero-order valence-corrected chi connectivity index (χ0v) is 12.5. The molecule has 18 heavy (non-hydrogen) atoms. The molecule has 0 aromatic heterocycles. The molecule has 1 aliphatic carbocycles. The van der Waals surface area contributed by atoms with Crippen LogP contribution >= 0.6 is 11.6 Å². The van der Waals surface area contributed by atoms with E-state index >= 15 is 0 Å². The van der Waals surface area contributed by atoms with Gasteiger partial charge in [-0.1, -0.05) is 26.2 Å². The van der Waals surface area contributed by atoms with E-state index in [2.05, 4.69) is 18.7 Å². The normalized spacial score (nSPS) is 26.9. The van der Waals surface area contributed by atoms with Gasteiger partial charge in [-0.3, -0.25) is 4.79 Å². The van der Waals surface area contributed by atoms with Crippen molar-refractivity contribution in [1.29, 1.82) is 0 Å². The topological polar surface area (TPSA) is 20.3 Å². The van der Waals surface area contributed by atoms with Gasteiger partial charge in [0.05, 0.1) is 0 Å². The van der Waals surface area contributed by atoms with Crippen molar-refractivity contribution in [3.8, 4) is 0 Å². The Kier molecular flexibility index (Phi) is 4.58. The number of hydrogen-bond donors (Lipinski definition) is 0. The molecule has 1 unspecified atom stereocenters. The maximum atomic E-state index is 12.6. The number of rotatable bonds is 2. The van der Waals surface area contributed by atoms with E-state index in [1.807, 2.05) is 0 Å². The molecule has 0 spiro atoms. The number of carbonyl (C=O) groups excluding carboxylic acids is 1. The molecule has 0 aromatic rings. The first-order valence-corrected chi connectivity index (χ1v) is 7.90. The van der Waals surface area contributed by atoms with Gasteiger partial charge in [0.25, 0.3) is 0 Å². The van der Waals surface area contributed by atoms with Gasteiger partial charge >= 0.3 is 0 Å². The number of hydrogen-bond acceptors (Lipinski definition) is 1. The second-order valence-corrected chi connectivity index (χ2v) is 7.12. The summed E-state index contributed by atoms with van der Waals surface area (Å²) in [7, 11) is 0. The van der Waals surface area contributed by atoms with Crippen molar-refractivity contribution in [2.24, 2.45) is 11.3 Å². The minimum Gasteiger partial charge on any atom is -0.342 e. The highest BCUT2D eigenvalue weighted by Crippen LogP contribution is 2.38. The van der Waals surface area contributed by atoms with Crippen molar-refractivity contribution in [3.05, 3.63) is 0 Å². The Morgan fingerprint density at radius 1 is 1.22 bits per heavy atom. The summed E-state index contributed by atoms with van der Waals surface area (Å²) in [4.78, 5) is 14.7. The Bertz CT molecular complexity index is 289. The average Bonchev–Trinajstić information content (AvgIpc) is 2.39. The van der Waals surface area contributed by atoms with Gasteiger partial charge in [0.15, 0.2) is 0 Å². The van der Waals surface area contributed by atoms with Crippen LogP contribution in [-0.4, -0.2) is 29.3 Å². The number of amides is 1. The minimum atomic E-state index is -0.0718. The van der Waals surface area contributed by atoms with Crippen LogP contribution in [0.4, 0.5) is 0 Å². The Hall–Kier alpha value is -0.240. The summed E-state index contributed by atoms with van der Waals surface area (Å²) in [6, 6.07) is 0. The summed E-state index contributed by atoms with van der Waals surface area (Å²) in [5.41, 5.74) is -0.0718. The number of nitrogens with zero attached hydrogens (tertiary/aromatic N) is 1.